The molecule has 2 nitrogen and oxygen atoms in total. The van der Waals surface area contributed by atoms with E-state index in [9.17, 15) is 13.2 Å². The van der Waals surface area contributed by atoms with Gasteiger partial charge in [-0.05, 0) is 20.3 Å². The van der Waals surface area contributed by atoms with Gasteiger partial charge in [0, 0.05) is 6.04 Å². The first-order chi connectivity index (χ1) is 5.79. The maximum Gasteiger partial charge on any atom is 0.416 e. The Balaban J connectivity index is 4.28. The summed E-state index contributed by atoms with van der Waals surface area (Å²) in [6.07, 6.45) is -6.11. The van der Waals surface area contributed by atoms with Gasteiger partial charge in [0.1, 0.15) is 0 Å². The molecule has 0 aliphatic rings. The summed E-state index contributed by atoms with van der Waals surface area (Å²) in [5, 5.41) is 0. The lowest BCUT2D eigenvalue weighted by atomic mass is 10.2. The maximum atomic E-state index is 12.3. The van der Waals surface area contributed by atoms with Crippen molar-refractivity contribution in [2.24, 2.45) is 5.73 Å². The molecule has 0 heterocycles. The minimum Gasteiger partial charge on any atom is -0.364 e. The number of hydrogen-bond donors (Lipinski definition) is 1. The van der Waals surface area contributed by atoms with E-state index in [4.69, 9.17) is 10.5 Å². The Morgan fingerprint density at radius 2 is 1.77 bits per heavy atom. The Kier molecular flexibility index (Phi) is 4.70. The van der Waals surface area contributed by atoms with Gasteiger partial charge in [0.15, 0.2) is 6.10 Å². The first-order valence-corrected chi connectivity index (χ1v) is 4.26. The molecular formula is C8H16F3NO. The molecular weight excluding hydrogens is 183 g/mol. The van der Waals surface area contributed by atoms with E-state index in [1.807, 2.05) is 0 Å². The smallest absolute Gasteiger partial charge is 0.364 e. The molecule has 0 aromatic carbocycles. The Hall–Kier alpha value is -0.290. The van der Waals surface area contributed by atoms with Crippen LogP contribution in [0.3, 0.4) is 0 Å². The van der Waals surface area contributed by atoms with Crippen LogP contribution in [0.4, 0.5) is 13.2 Å². The van der Waals surface area contributed by atoms with Gasteiger partial charge >= 0.3 is 6.18 Å². The zero-order valence-corrected chi connectivity index (χ0v) is 8.06. The Labute approximate surface area is 76.2 Å². The highest BCUT2D eigenvalue weighted by Crippen LogP contribution is 2.26. The molecule has 0 aliphatic heterocycles. The minimum atomic E-state index is -4.38. The van der Waals surface area contributed by atoms with E-state index >= 15 is 0 Å². The van der Waals surface area contributed by atoms with Crippen molar-refractivity contribution < 1.29 is 17.9 Å². The molecule has 13 heavy (non-hydrogen) atoms. The number of ether oxygens (including phenoxy) is 1. The number of halogens is 3. The van der Waals surface area contributed by atoms with Gasteiger partial charge in [0.25, 0.3) is 0 Å². The van der Waals surface area contributed by atoms with Crippen molar-refractivity contribution in [2.45, 2.75) is 51.6 Å². The second-order valence-corrected chi connectivity index (χ2v) is 3.18. The molecule has 0 rings (SSSR count). The van der Waals surface area contributed by atoms with E-state index in [1.165, 1.54) is 6.92 Å². The zero-order valence-electron chi connectivity index (χ0n) is 8.06. The SMILES string of the molecule is CCC(C)OC(C(C)N)C(F)(F)F. The topological polar surface area (TPSA) is 35.2 Å². The average Bonchev–Trinajstić information content (AvgIpc) is 1.96. The lowest BCUT2D eigenvalue weighted by Gasteiger charge is -2.26. The average molecular weight is 199 g/mol. The van der Waals surface area contributed by atoms with Crippen molar-refractivity contribution in [1.82, 2.24) is 0 Å². The summed E-state index contributed by atoms with van der Waals surface area (Å²) in [6.45, 7) is 4.65. The van der Waals surface area contributed by atoms with Crippen LogP contribution in [0, 0.1) is 0 Å². The molecule has 0 aromatic rings. The summed E-state index contributed by atoms with van der Waals surface area (Å²) in [4.78, 5) is 0. The molecule has 0 saturated heterocycles. The zero-order chi connectivity index (χ0) is 10.6. The number of alkyl halides is 3. The van der Waals surface area contributed by atoms with E-state index in [2.05, 4.69) is 0 Å². The van der Waals surface area contributed by atoms with Gasteiger partial charge in [-0.1, -0.05) is 6.92 Å². The van der Waals surface area contributed by atoms with Crippen LogP contribution in [0.25, 0.3) is 0 Å². The fourth-order valence-corrected chi connectivity index (χ4v) is 0.846. The maximum absolute atomic E-state index is 12.3. The first kappa shape index (κ1) is 12.7. The van der Waals surface area contributed by atoms with E-state index in [-0.39, 0.29) is 0 Å². The molecule has 2 N–H and O–H groups in total. The fourth-order valence-electron chi connectivity index (χ4n) is 0.846. The second-order valence-electron chi connectivity index (χ2n) is 3.18. The van der Waals surface area contributed by atoms with Crippen LogP contribution in [-0.4, -0.2) is 24.4 Å². The molecule has 3 unspecified atom stereocenters. The van der Waals surface area contributed by atoms with Crippen LogP contribution in [0.5, 0.6) is 0 Å². The lowest BCUT2D eigenvalue weighted by Crippen LogP contribution is -2.46. The van der Waals surface area contributed by atoms with Gasteiger partial charge in [-0.25, -0.2) is 0 Å². The van der Waals surface area contributed by atoms with Crippen molar-refractivity contribution in [3.8, 4) is 0 Å². The molecule has 0 radical (unpaired) electrons. The normalized spacial score (nSPS) is 19.6. The van der Waals surface area contributed by atoms with Gasteiger partial charge in [0.05, 0.1) is 6.10 Å². The lowest BCUT2D eigenvalue weighted by molar-refractivity contribution is -0.236. The van der Waals surface area contributed by atoms with Crippen LogP contribution in [0.1, 0.15) is 27.2 Å². The summed E-state index contributed by atoms with van der Waals surface area (Å²) in [5.74, 6) is 0. The van der Waals surface area contributed by atoms with Gasteiger partial charge < -0.3 is 10.5 Å². The highest BCUT2D eigenvalue weighted by atomic mass is 19.4. The predicted octanol–water partition coefficient (Wildman–Crippen LogP) is 2.08. The number of rotatable bonds is 4. The second kappa shape index (κ2) is 4.81. The summed E-state index contributed by atoms with van der Waals surface area (Å²) in [7, 11) is 0. The third kappa shape index (κ3) is 4.47. The van der Waals surface area contributed by atoms with Crippen molar-refractivity contribution in [2.75, 3.05) is 0 Å². The van der Waals surface area contributed by atoms with Crippen LogP contribution < -0.4 is 5.73 Å². The van der Waals surface area contributed by atoms with Crippen LogP contribution in [0.15, 0.2) is 0 Å². The highest BCUT2D eigenvalue weighted by Gasteiger charge is 2.43. The molecule has 0 aliphatic carbocycles. The van der Waals surface area contributed by atoms with E-state index in [1.54, 1.807) is 13.8 Å². The van der Waals surface area contributed by atoms with Crippen LogP contribution >= 0.6 is 0 Å². The Morgan fingerprint density at radius 1 is 1.31 bits per heavy atom. The molecule has 0 fully saturated rings. The van der Waals surface area contributed by atoms with Gasteiger partial charge in [-0.15, -0.1) is 0 Å². The quantitative estimate of drug-likeness (QED) is 0.752. The summed E-state index contributed by atoms with van der Waals surface area (Å²) < 4.78 is 41.6. The highest BCUT2D eigenvalue weighted by molar-refractivity contribution is 4.77. The molecule has 0 saturated carbocycles. The molecule has 3 atom stereocenters. The van der Waals surface area contributed by atoms with Gasteiger partial charge in [-0.3, -0.25) is 0 Å². The van der Waals surface area contributed by atoms with Crippen molar-refractivity contribution in [3.05, 3.63) is 0 Å². The monoisotopic (exact) mass is 199 g/mol. The number of hydrogen-bond acceptors (Lipinski definition) is 2. The molecule has 5 heteroatoms. The van der Waals surface area contributed by atoms with Crippen molar-refractivity contribution in [3.63, 3.8) is 0 Å². The first-order valence-electron chi connectivity index (χ1n) is 4.26. The molecule has 80 valence electrons. The van der Waals surface area contributed by atoms with Crippen molar-refractivity contribution >= 4 is 0 Å². The summed E-state index contributed by atoms with van der Waals surface area (Å²) in [6, 6.07) is -1.03. The fraction of sp³-hybridized carbons (Fsp3) is 1.00. The molecule has 0 bridgehead atoms. The Bertz CT molecular complexity index is 147. The summed E-state index contributed by atoms with van der Waals surface area (Å²) >= 11 is 0. The van der Waals surface area contributed by atoms with Crippen molar-refractivity contribution in [1.29, 1.82) is 0 Å². The van der Waals surface area contributed by atoms with Crippen LogP contribution in [0.2, 0.25) is 0 Å². The minimum absolute atomic E-state index is 0.419. The van der Waals surface area contributed by atoms with E-state index < -0.39 is 24.4 Å². The standard InChI is InChI=1S/C8H16F3NO/c1-4-5(2)13-7(6(3)12)8(9,10)11/h5-7H,4,12H2,1-3H3. The van der Waals surface area contributed by atoms with E-state index in [0.29, 0.717) is 6.42 Å². The number of nitrogens with two attached hydrogens (primary N) is 1. The third-order valence-corrected chi connectivity index (χ3v) is 1.75. The molecule has 0 spiro atoms. The van der Waals surface area contributed by atoms with Gasteiger partial charge in [-0.2, -0.15) is 13.2 Å². The van der Waals surface area contributed by atoms with Crippen LogP contribution in [-0.2, 0) is 4.74 Å². The Morgan fingerprint density at radius 3 is 2.00 bits per heavy atom. The predicted molar refractivity (Wildman–Crippen MR) is 44.3 cm³/mol. The van der Waals surface area contributed by atoms with E-state index in [0.717, 1.165) is 0 Å². The molecule has 0 amide bonds. The van der Waals surface area contributed by atoms with Gasteiger partial charge in [0.2, 0.25) is 0 Å². The third-order valence-electron chi connectivity index (χ3n) is 1.75. The summed E-state index contributed by atoms with van der Waals surface area (Å²) in [5.41, 5.74) is 5.18. The molecule has 0 aromatic heterocycles. The largest absolute Gasteiger partial charge is 0.416 e.